The molecule has 2 saturated heterocycles. The number of aromatic nitrogens is 3. The van der Waals surface area contributed by atoms with Crippen LogP contribution in [0, 0.1) is 11.6 Å². The summed E-state index contributed by atoms with van der Waals surface area (Å²) in [5.74, 6) is -0.702. The molecule has 0 aliphatic carbocycles. The number of aliphatic hydroxyl groups is 1. The summed E-state index contributed by atoms with van der Waals surface area (Å²) in [5.41, 5.74) is 2.61. The molecule has 2 aliphatic rings. The molecule has 2 N–H and O–H groups in total. The Morgan fingerprint density at radius 3 is 2.68 bits per heavy atom. The van der Waals surface area contributed by atoms with E-state index in [0.717, 1.165) is 37.2 Å². The summed E-state index contributed by atoms with van der Waals surface area (Å²) in [6.07, 6.45) is 5.10. The van der Waals surface area contributed by atoms with Crippen LogP contribution in [0.3, 0.4) is 0 Å². The molecule has 0 saturated carbocycles. The lowest BCUT2D eigenvalue weighted by atomic mass is 10.0. The number of carbonyl (C=O) groups is 1. The zero-order valence-corrected chi connectivity index (χ0v) is 20.0. The number of amides is 1. The van der Waals surface area contributed by atoms with Gasteiger partial charge in [-0.3, -0.25) is 4.79 Å². The number of nitrogens with one attached hydrogen (secondary N) is 1. The molecule has 4 aromatic rings. The Morgan fingerprint density at radius 1 is 1.05 bits per heavy atom. The summed E-state index contributed by atoms with van der Waals surface area (Å²) in [6, 6.07) is 12.4. The SMILES string of the molecule is O=C(Nc1ccc(N2CC[C@H](O)C2)cc1)c1cnn2ccc(N3CCC[C@@H]3c3cc(F)ccc3F)nc12. The maximum absolute atomic E-state index is 14.5. The summed E-state index contributed by atoms with van der Waals surface area (Å²) in [6.45, 7) is 2.04. The van der Waals surface area contributed by atoms with E-state index in [2.05, 4.69) is 15.3 Å². The monoisotopic (exact) mass is 504 g/mol. The summed E-state index contributed by atoms with van der Waals surface area (Å²) in [4.78, 5) is 21.9. The fourth-order valence-electron chi connectivity index (χ4n) is 5.24. The first kappa shape index (κ1) is 23.4. The minimum absolute atomic E-state index is 0.303. The van der Waals surface area contributed by atoms with E-state index < -0.39 is 11.6 Å². The van der Waals surface area contributed by atoms with Crippen molar-refractivity contribution in [3.8, 4) is 0 Å². The van der Waals surface area contributed by atoms with Gasteiger partial charge in [0, 0.05) is 42.8 Å². The average molecular weight is 505 g/mol. The molecule has 0 spiro atoms. The van der Waals surface area contributed by atoms with Gasteiger partial charge in [-0.25, -0.2) is 18.3 Å². The molecule has 0 radical (unpaired) electrons. The third-order valence-corrected chi connectivity index (χ3v) is 7.12. The van der Waals surface area contributed by atoms with E-state index in [9.17, 15) is 18.7 Å². The number of rotatable bonds is 5. The van der Waals surface area contributed by atoms with Crippen LogP contribution >= 0.6 is 0 Å². The van der Waals surface area contributed by atoms with Crippen LogP contribution in [-0.4, -0.2) is 51.4 Å². The minimum Gasteiger partial charge on any atom is -0.391 e. The lowest BCUT2D eigenvalue weighted by Crippen LogP contribution is -2.24. The molecule has 37 heavy (non-hydrogen) atoms. The molecule has 10 heteroatoms. The number of halogens is 2. The van der Waals surface area contributed by atoms with Crippen molar-refractivity contribution >= 4 is 28.7 Å². The van der Waals surface area contributed by atoms with E-state index in [0.29, 0.717) is 47.8 Å². The first-order valence-electron chi connectivity index (χ1n) is 12.4. The maximum atomic E-state index is 14.5. The fourth-order valence-corrected chi connectivity index (χ4v) is 5.24. The van der Waals surface area contributed by atoms with Gasteiger partial charge >= 0.3 is 0 Å². The number of aliphatic hydroxyl groups excluding tert-OH is 1. The largest absolute Gasteiger partial charge is 0.391 e. The van der Waals surface area contributed by atoms with Gasteiger partial charge < -0.3 is 20.2 Å². The van der Waals surface area contributed by atoms with E-state index in [1.165, 1.54) is 16.8 Å². The molecule has 0 unspecified atom stereocenters. The molecule has 1 amide bonds. The number of benzene rings is 2. The van der Waals surface area contributed by atoms with Gasteiger partial charge in [-0.1, -0.05) is 0 Å². The van der Waals surface area contributed by atoms with Crippen molar-refractivity contribution in [3.05, 3.63) is 83.7 Å². The van der Waals surface area contributed by atoms with Crippen molar-refractivity contribution in [1.82, 2.24) is 14.6 Å². The van der Waals surface area contributed by atoms with Crippen molar-refractivity contribution in [2.24, 2.45) is 0 Å². The highest BCUT2D eigenvalue weighted by atomic mass is 19.1. The highest BCUT2D eigenvalue weighted by Gasteiger charge is 2.30. The van der Waals surface area contributed by atoms with Crippen LogP contribution in [0.5, 0.6) is 0 Å². The van der Waals surface area contributed by atoms with Crippen LogP contribution in [-0.2, 0) is 0 Å². The highest BCUT2D eigenvalue weighted by molar-refractivity contribution is 6.08. The van der Waals surface area contributed by atoms with Gasteiger partial charge in [0.1, 0.15) is 23.0 Å². The Hall–Kier alpha value is -4.05. The number of hydrogen-bond acceptors (Lipinski definition) is 6. The summed E-state index contributed by atoms with van der Waals surface area (Å²) < 4.78 is 29.9. The molecule has 8 nitrogen and oxygen atoms in total. The minimum atomic E-state index is -0.479. The van der Waals surface area contributed by atoms with Crippen LogP contribution in [0.4, 0.5) is 26.0 Å². The Morgan fingerprint density at radius 2 is 1.89 bits per heavy atom. The van der Waals surface area contributed by atoms with Crippen LogP contribution in [0.25, 0.3) is 5.65 Å². The van der Waals surface area contributed by atoms with Gasteiger partial charge in [0.05, 0.1) is 18.3 Å². The Bertz CT molecular complexity index is 1460. The van der Waals surface area contributed by atoms with Gasteiger partial charge in [-0.15, -0.1) is 0 Å². The topological polar surface area (TPSA) is 86.0 Å². The summed E-state index contributed by atoms with van der Waals surface area (Å²) in [7, 11) is 0. The number of anilines is 3. The third-order valence-electron chi connectivity index (χ3n) is 7.12. The molecule has 190 valence electrons. The maximum Gasteiger partial charge on any atom is 0.261 e. The number of hydrogen-bond donors (Lipinski definition) is 2. The zero-order chi connectivity index (χ0) is 25.5. The molecule has 2 aromatic carbocycles. The quantitative estimate of drug-likeness (QED) is 0.424. The molecule has 4 heterocycles. The Kier molecular flexibility index (Phi) is 5.96. The lowest BCUT2D eigenvalue weighted by molar-refractivity contribution is 0.102. The van der Waals surface area contributed by atoms with Crippen LogP contribution in [0.15, 0.2) is 60.9 Å². The molecule has 2 atom stereocenters. The van der Waals surface area contributed by atoms with Crippen LogP contribution < -0.4 is 15.1 Å². The zero-order valence-electron chi connectivity index (χ0n) is 20.0. The normalized spacial score (nSPS) is 19.6. The Labute approximate surface area is 212 Å². The van der Waals surface area contributed by atoms with E-state index >= 15 is 0 Å². The number of fused-ring (bicyclic) bond motifs is 1. The van der Waals surface area contributed by atoms with Crippen molar-refractivity contribution in [2.45, 2.75) is 31.4 Å². The average Bonchev–Trinajstić information content (AvgIpc) is 3.65. The second kappa shape index (κ2) is 9.44. The molecular formula is C27H26F2N6O2. The lowest BCUT2D eigenvalue weighted by Gasteiger charge is -2.26. The van der Waals surface area contributed by atoms with Crippen molar-refractivity contribution in [2.75, 3.05) is 34.8 Å². The van der Waals surface area contributed by atoms with E-state index in [1.807, 2.05) is 29.2 Å². The van der Waals surface area contributed by atoms with Crippen molar-refractivity contribution in [1.29, 1.82) is 0 Å². The number of nitrogens with zero attached hydrogens (tertiary/aromatic N) is 5. The van der Waals surface area contributed by atoms with Gasteiger partial charge in [0.15, 0.2) is 5.65 Å². The van der Waals surface area contributed by atoms with Gasteiger partial charge in [-0.2, -0.15) is 5.10 Å². The highest BCUT2D eigenvalue weighted by Crippen LogP contribution is 2.37. The molecule has 2 aliphatic heterocycles. The van der Waals surface area contributed by atoms with Crippen LogP contribution in [0.1, 0.15) is 41.2 Å². The predicted molar refractivity (Wildman–Crippen MR) is 136 cm³/mol. The fraction of sp³-hybridized carbons (Fsp3) is 0.296. The van der Waals surface area contributed by atoms with Crippen molar-refractivity contribution < 1.29 is 18.7 Å². The second-order valence-electron chi connectivity index (χ2n) is 9.52. The van der Waals surface area contributed by atoms with Gasteiger partial charge in [0.2, 0.25) is 0 Å². The second-order valence-corrected chi connectivity index (χ2v) is 9.52. The van der Waals surface area contributed by atoms with Crippen LogP contribution in [0.2, 0.25) is 0 Å². The molecule has 2 fully saturated rings. The number of β-amino-alcohol motifs (C(OH)–C–C–N with tert-alkyl or cyclic N) is 1. The van der Waals surface area contributed by atoms with E-state index in [1.54, 1.807) is 12.3 Å². The van der Waals surface area contributed by atoms with E-state index in [4.69, 9.17) is 4.98 Å². The van der Waals surface area contributed by atoms with Gasteiger partial charge in [0.25, 0.3) is 5.91 Å². The molecule has 2 aromatic heterocycles. The first-order chi connectivity index (χ1) is 18.0. The molecule has 0 bridgehead atoms. The smallest absolute Gasteiger partial charge is 0.261 e. The number of carbonyl (C=O) groups excluding carboxylic acids is 1. The van der Waals surface area contributed by atoms with E-state index in [-0.39, 0.29) is 18.1 Å². The summed E-state index contributed by atoms with van der Waals surface area (Å²) in [5, 5.41) is 16.9. The molecular weight excluding hydrogens is 478 g/mol. The first-order valence-corrected chi connectivity index (χ1v) is 12.4. The third kappa shape index (κ3) is 4.48. The standard InChI is InChI=1S/C27H26F2N6O2/c28-17-3-8-23(29)21(14-17)24-2-1-11-34(24)25-10-13-35-26(32-25)22(15-30-35)27(37)31-18-4-6-19(7-5-18)33-12-9-20(36)16-33/h3-8,10,13-15,20,24,36H,1-2,9,11-12,16H2,(H,31,37)/t20-,24+/m0/s1. The summed E-state index contributed by atoms with van der Waals surface area (Å²) >= 11 is 0. The van der Waals surface area contributed by atoms with Gasteiger partial charge in [-0.05, 0) is 67.8 Å². The predicted octanol–water partition coefficient (Wildman–Crippen LogP) is 4.17. The molecule has 6 rings (SSSR count). The van der Waals surface area contributed by atoms with Crippen molar-refractivity contribution in [3.63, 3.8) is 0 Å². The Balaban J connectivity index is 1.23.